The number of hydrogen-bond acceptors (Lipinski definition) is 9. The van der Waals surface area contributed by atoms with Crippen molar-refractivity contribution in [2.75, 3.05) is 37.2 Å². The highest BCUT2D eigenvalue weighted by Gasteiger charge is 2.16. The Morgan fingerprint density at radius 3 is 1.45 bits per heavy atom. The van der Waals surface area contributed by atoms with Crippen molar-refractivity contribution in [3.8, 4) is 0 Å². The molecule has 10 heteroatoms. The minimum atomic E-state index is -3.30. The van der Waals surface area contributed by atoms with E-state index in [0.29, 0.717) is 52.0 Å². The molecule has 0 saturated heterocycles. The van der Waals surface area contributed by atoms with Crippen LogP contribution in [0.2, 0.25) is 0 Å². The number of para-hydroxylation sites is 2. The van der Waals surface area contributed by atoms with Crippen LogP contribution < -0.4 is 11.5 Å². The number of nitrogen functional groups attached to an aromatic ring is 2. The lowest BCUT2D eigenvalue weighted by molar-refractivity contribution is 0.103. The van der Waals surface area contributed by atoms with Crippen molar-refractivity contribution < 1.29 is 28.2 Å². The Hall–Kier alpha value is -3.96. The van der Waals surface area contributed by atoms with E-state index < -0.39 is 9.84 Å². The Morgan fingerprint density at radius 1 is 0.690 bits per heavy atom. The van der Waals surface area contributed by atoms with Crippen molar-refractivity contribution in [3.05, 3.63) is 118 Å². The van der Waals surface area contributed by atoms with E-state index in [1.165, 1.54) is 24.3 Å². The third kappa shape index (κ3) is 8.07. The Balaban J connectivity index is 0.000000231. The van der Waals surface area contributed by atoms with Gasteiger partial charge >= 0.3 is 0 Å². The number of anilines is 2. The van der Waals surface area contributed by atoms with E-state index in [-0.39, 0.29) is 29.7 Å². The number of carbonyl (C=O) groups excluding carboxylic acids is 2. The molecule has 0 saturated carbocycles. The normalized spacial score (nSPS) is 11.0. The second-order valence-electron chi connectivity index (χ2n) is 9.39. The Bertz CT molecular complexity index is 1650. The molecule has 0 amide bonds. The molecule has 0 bridgehead atoms. The van der Waals surface area contributed by atoms with Gasteiger partial charge in [0.2, 0.25) is 0 Å². The van der Waals surface area contributed by atoms with Crippen LogP contribution in [0.4, 0.5) is 11.4 Å². The molecule has 0 aliphatic heterocycles. The molecule has 0 spiro atoms. The lowest BCUT2D eigenvalue weighted by atomic mass is 9.98. The Kier molecular flexibility index (Phi) is 11.5. The summed E-state index contributed by atoms with van der Waals surface area (Å²) in [5, 5.41) is 18.0. The summed E-state index contributed by atoms with van der Waals surface area (Å²) in [6, 6.07) is 23.6. The zero-order valence-electron chi connectivity index (χ0n) is 23.4. The second-order valence-corrected chi connectivity index (χ2v) is 12.3. The van der Waals surface area contributed by atoms with Crippen molar-refractivity contribution in [1.82, 2.24) is 0 Å². The summed E-state index contributed by atoms with van der Waals surface area (Å²) in [6.45, 7) is -0.0326. The van der Waals surface area contributed by atoms with Crippen molar-refractivity contribution in [2.24, 2.45) is 0 Å². The van der Waals surface area contributed by atoms with Crippen molar-refractivity contribution >= 4 is 44.5 Å². The number of aliphatic hydroxyl groups excluding tert-OH is 2. The lowest BCUT2D eigenvalue weighted by Gasteiger charge is -2.10. The lowest BCUT2D eigenvalue weighted by Crippen LogP contribution is -2.09. The highest BCUT2D eigenvalue weighted by atomic mass is 32.2. The van der Waals surface area contributed by atoms with Crippen LogP contribution in [0.15, 0.2) is 94.7 Å². The van der Waals surface area contributed by atoms with E-state index in [1.54, 1.807) is 42.1 Å². The zero-order valence-corrected chi connectivity index (χ0v) is 25.0. The molecule has 0 unspecified atom stereocenters. The minimum Gasteiger partial charge on any atom is -0.398 e. The van der Waals surface area contributed by atoms with Gasteiger partial charge in [0, 0.05) is 58.0 Å². The van der Waals surface area contributed by atoms with Gasteiger partial charge in [0.15, 0.2) is 21.4 Å². The first-order chi connectivity index (χ1) is 20.0. The molecule has 0 aliphatic rings. The number of ketones is 2. The van der Waals surface area contributed by atoms with Gasteiger partial charge in [-0.15, -0.1) is 11.8 Å². The van der Waals surface area contributed by atoms with Crippen LogP contribution in [0.25, 0.3) is 0 Å². The van der Waals surface area contributed by atoms with Gasteiger partial charge in [-0.2, -0.15) is 0 Å². The third-order valence-corrected chi connectivity index (χ3v) is 8.41. The highest BCUT2D eigenvalue weighted by molar-refractivity contribution is 7.98. The van der Waals surface area contributed by atoms with Gasteiger partial charge in [-0.1, -0.05) is 24.3 Å². The van der Waals surface area contributed by atoms with Crippen LogP contribution in [0.5, 0.6) is 0 Å². The predicted molar refractivity (Wildman–Crippen MR) is 168 cm³/mol. The number of rotatable bonds is 10. The van der Waals surface area contributed by atoms with Crippen molar-refractivity contribution in [1.29, 1.82) is 0 Å². The Morgan fingerprint density at radius 2 is 1.10 bits per heavy atom. The molecular weight excluding hydrogens is 572 g/mol. The van der Waals surface area contributed by atoms with Gasteiger partial charge in [0.05, 0.1) is 4.90 Å². The summed E-state index contributed by atoms with van der Waals surface area (Å²) in [7, 11) is -3.30. The number of thioether (sulfide) groups is 1. The number of benzene rings is 4. The SMILES string of the molecule is CS(=O)(=O)c1ccc(C(=O)c2cccc(CCO)c2N)cc1.CSc1ccc(C(=O)c2cccc(CCO)c2N)cc1. The summed E-state index contributed by atoms with van der Waals surface area (Å²) in [4.78, 5) is 26.2. The smallest absolute Gasteiger partial charge is 0.195 e. The van der Waals surface area contributed by atoms with Gasteiger partial charge < -0.3 is 21.7 Å². The maximum atomic E-state index is 12.5. The largest absolute Gasteiger partial charge is 0.398 e. The molecule has 42 heavy (non-hydrogen) atoms. The zero-order chi connectivity index (χ0) is 30.9. The average molecular weight is 607 g/mol. The van der Waals surface area contributed by atoms with Gasteiger partial charge in [-0.25, -0.2) is 8.42 Å². The molecule has 0 heterocycles. The van der Waals surface area contributed by atoms with Crippen LogP contribution in [0.3, 0.4) is 0 Å². The second kappa shape index (κ2) is 14.8. The molecule has 0 radical (unpaired) electrons. The Labute approximate surface area is 250 Å². The van der Waals surface area contributed by atoms with Gasteiger partial charge in [-0.05, 0) is 90.9 Å². The van der Waals surface area contributed by atoms with Crippen molar-refractivity contribution in [3.63, 3.8) is 0 Å². The molecule has 0 atom stereocenters. The quantitative estimate of drug-likeness (QED) is 0.118. The molecule has 8 nitrogen and oxygen atoms in total. The van der Waals surface area contributed by atoms with Crippen molar-refractivity contribution in [2.45, 2.75) is 22.6 Å². The fraction of sp³-hybridized carbons (Fsp3) is 0.188. The fourth-order valence-electron chi connectivity index (χ4n) is 4.21. The van der Waals surface area contributed by atoms with E-state index in [4.69, 9.17) is 21.7 Å². The van der Waals surface area contributed by atoms with Gasteiger partial charge in [0.25, 0.3) is 0 Å². The molecular formula is C32H34N2O6S2. The summed E-state index contributed by atoms with van der Waals surface area (Å²) in [5.41, 5.74) is 16.1. The summed E-state index contributed by atoms with van der Waals surface area (Å²) >= 11 is 1.63. The fourth-order valence-corrected chi connectivity index (χ4v) is 5.24. The molecule has 4 rings (SSSR count). The summed E-state index contributed by atoms with van der Waals surface area (Å²) in [6.07, 6.45) is 3.94. The first-order valence-electron chi connectivity index (χ1n) is 13.0. The number of carbonyl (C=O) groups is 2. The topological polar surface area (TPSA) is 161 Å². The predicted octanol–water partition coefficient (Wildman–Crippen LogP) is 4.19. The molecule has 0 aromatic heterocycles. The first-order valence-corrected chi connectivity index (χ1v) is 16.1. The minimum absolute atomic E-state index is 0.0181. The first kappa shape index (κ1) is 32.6. The number of nitrogens with two attached hydrogens (primary N) is 2. The van der Waals surface area contributed by atoms with Crippen LogP contribution in [0.1, 0.15) is 43.0 Å². The highest BCUT2D eigenvalue weighted by Crippen LogP contribution is 2.24. The van der Waals surface area contributed by atoms with E-state index in [9.17, 15) is 18.0 Å². The number of aliphatic hydroxyl groups is 2. The summed E-state index contributed by atoms with van der Waals surface area (Å²) < 4.78 is 22.9. The average Bonchev–Trinajstić information content (AvgIpc) is 2.99. The standard InChI is InChI=1S/C16H17NO4S.C16H17NO2S/c1-22(20,21)13-7-5-12(6-8-13)16(19)14-4-2-3-11(9-10-18)15(14)17;1-20-13-7-5-12(6-8-13)16(19)14-4-2-3-11(9-10-18)15(14)17/h2-8,18H,9-10,17H2,1H3;2-8,18H,9-10,17H2,1H3. The maximum Gasteiger partial charge on any atom is 0.195 e. The third-order valence-electron chi connectivity index (χ3n) is 6.54. The van der Waals surface area contributed by atoms with Crippen LogP contribution in [-0.2, 0) is 22.7 Å². The molecule has 4 aromatic rings. The maximum absolute atomic E-state index is 12.5. The number of sulfone groups is 1. The van der Waals surface area contributed by atoms with E-state index in [1.807, 2.05) is 36.6 Å². The molecule has 6 N–H and O–H groups in total. The van der Waals surface area contributed by atoms with E-state index in [0.717, 1.165) is 16.7 Å². The monoisotopic (exact) mass is 606 g/mol. The van der Waals surface area contributed by atoms with Crippen LogP contribution in [0, 0.1) is 0 Å². The van der Waals surface area contributed by atoms with Gasteiger partial charge in [0.1, 0.15) is 0 Å². The van der Waals surface area contributed by atoms with Crippen LogP contribution in [-0.4, -0.2) is 55.9 Å². The number of hydrogen-bond donors (Lipinski definition) is 4. The van der Waals surface area contributed by atoms with E-state index in [2.05, 4.69) is 0 Å². The molecule has 0 fully saturated rings. The van der Waals surface area contributed by atoms with Crippen LogP contribution >= 0.6 is 11.8 Å². The molecule has 4 aromatic carbocycles. The van der Waals surface area contributed by atoms with Gasteiger partial charge in [-0.3, -0.25) is 9.59 Å². The van der Waals surface area contributed by atoms with E-state index >= 15 is 0 Å². The molecule has 0 aliphatic carbocycles. The summed E-state index contributed by atoms with van der Waals surface area (Å²) in [5.74, 6) is -0.368. The molecule has 220 valence electrons.